The zero-order chi connectivity index (χ0) is 9.68. The van der Waals surface area contributed by atoms with Gasteiger partial charge in [0.05, 0.1) is 0 Å². The lowest BCUT2D eigenvalue weighted by atomic mass is 10.2. The Morgan fingerprint density at radius 1 is 1.46 bits per heavy atom. The number of phenolic OH excluding ortho intramolecular Hbond substituents is 1. The van der Waals surface area contributed by atoms with Crippen molar-refractivity contribution in [1.82, 2.24) is 0 Å². The third-order valence-electron chi connectivity index (χ3n) is 1.75. The van der Waals surface area contributed by atoms with Gasteiger partial charge in [0.2, 0.25) is 0 Å². The van der Waals surface area contributed by atoms with Crippen molar-refractivity contribution in [3.63, 3.8) is 0 Å². The van der Waals surface area contributed by atoms with Gasteiger partial charge in [-0.1, -0.05) is 24.3 Å². The molecule has 0 heterocycles. The van der Waals surface area contributed by atoms with E-state index in [1.807, 2.05) is 32.1 Å². The van der Waals surface area contributed by atoms with E-state index >= 15 is 0 Å². The molecule has 0 bridgehead atoms. The Kier molecular flexibility index (Phi) is 3.38. The summed E-state index contributed by atoms with van der Waals surface area (Å²) >= 11 is 0. The van der Waals surface area contributed by atoms with E-state index in [1.165, 1.54) is 0 Å². The first-order chi connectivity index (χ1) is 6.25. The van der Waals surface area contributed by atoms with Gasteiger partial charge in [-0.3, -0.25) is 0 Å². The first kappa shape index (κ1) is 9.65. The molecule has 0 unspecified atom stereocenters. The maximum absolute atomic E-state index is 9.44. The lowest BCUT2D eigenvalue weighted by molar-refractivity contribution is 0.333. The van der Waals surface area contributed by atoms with Crippen LogP contribution in [-0.2, 0) is 0 Å². The molecule has 70 valence electrons. The largest absolute Gasteiger partial charge is 0.504 e. The van der Waals surface area contributed by atoms with Gasteiger partial charge < -0.3 is 9.84 Å². The maximum atomic E-state index is 9.44. The number of hydrogen-bond donors (Lipinski definition) is 1. The van der Waals surface area contributed by atoms with Gasteiger partial charge in [0, 0.05) is 0 Å². The number of allylic oxidation sites excluding steroid dienone is 1. The molecule has 1 N–H and O–H groups in total. The fraction of sp³-hybridized carbons (Fsp3) is 0.273. The molecule has 1 aromatic rings. The summed E-state index contributed by atoms with van der Waals surface area (Å²) in [4.78, 5) is 0. The molecule has 2 nitrogen and oxygen atoms in total. The molecule has 1 rings (SSSR count). The van der Waals surface area contributed by atoms with Crippen molar-refractivity contribution < 1.29 is 9.84 Å². The second-order valence-corrected chi connectivity index (χ2v) is 2.80. The van der Waals surface area contributed by atoms with E-state index in [2.05, 4.69) is 0 Å². The Balaban J connectivity index is 2.75. The third-order valence-corrected chi connectivity index (χ3v) is 1.75. The van der Waals surface area contributed by atoms with Crippen molar-refractivity contribution in [2.45, 2.75) is 13.8 Å². The highest BCUT2D eigenvalue weighted by Gasteiger charge is 2.03. The van der Waals surface area contributed by atoms with Crippen molar-refractivity contribution >= 4 is 0 Å². The van der Waals surface area contributed by atoms with Crippen LogP contribution in [0.15, 0.2) is 30.4 Å². The van der Waals surface area contributed by atoms with Gasteiger partial charge in [-0.2, -0.15) is 0 Å². The minimum atomic E-state index is 0.199. The summed E-state index contributed by atoms with van der Waals surface area (Å²) in [5.74, 6) is 0.769. The highest BCUT2D eigenvalue weighted by Crippen LogP contribution is 2.28. The summed E-state index contributed by atoms with van der Waals surface area (Å²) in [7, 11) is 0. The zero-order valence-electron chi connectivity index (χ0n) is 7.95. The van der Waals surface area contributed by atoms with E-state index in [0.717, 1.165) is 5.56 Å². The maximum Gasteiger partial charge on any atom is 0.164 e. The van der Waals surface area contributed by atoms with Crippen LogP contribution in [0.1, 0.15) is 12.5 Å². The Bertz CT molecular complexity index is 283. The van der Waals surface area contributed by atoms with E-state index in [4.69, 9.17) is 4.74 Å². The molecular formula is C11H14O2. The molecule has 0 spiro atoms. The monoisotopic (exact) mass is 178 g/mol. The minimum absolute atomic E-state index is 0.199. The number of hydrogen-bond acceptors (Lipinski definition) is 2. The smallest absolute Gasteiger partial charge is 0.164 e. The average molecular weight is 178 g/mol. The predicted molar refractivity (Wildman–Crippen MR) is 53.2 cm³/mol. The molecule has 1 aromatic carbocycles. The van der Waals surface area contributed by atoms with Gasteiger partial charge in [0.25, 0.3) is 0 Å². The number of para-hydroxylation sites is 1. The van der Waals surface area contributed by atoms with Gasteiger partial charge in [-0.05, 0) is 25.5 Å². The Labute approximate surface area is 78.5 Å². The Morgan fingerprint density at radius 2 is 2.23 bits per heavy atom. The minimum Gasteiger partial charge on any atom is -0.504 e. The van der Waals surface area contributed by atoms with Gasteiger partial charge >= 0.3 is 0 Å². The fourth-order valence-electron chi connectivity index (χ4n) is 1.05. The van der Waals surface area contributed by atoms with Crippen LogP contribution in [-0.4, -0.2) is 11.7 Å². The first-order valence-electron chi connectivity index (χ1n) is 4.28. The number of aryl methyl sites for hydroxylation is 1. The van der Waals surface area contributed by atoms with Gasteiger partial charge in [0.1, 0.15) is 6.61 Å². The highest BCUT2D eigenvalue weighted by molar-refractivity contribution is 5.44. The molecule has 2 heteroatoms. The van der Waals surface area contributed by atoms with Gasteiger partial charge in [0.15, 0.2) is 11.5 Å². The molecule has 0 saturated heterocycles. The molecule has 0 aliphatic heterocycles. The second kappa shape index (κ2) is 4.55. The Morgan fingerprint density at radius 3 is 2.85 bits per heavy atom. The quantitative estimate of drug-likeness (QED) is 0.721. The molecule has 0 aliphatic carbocycles. The van der Waals surface area contributed by atoms with Crippen LogP contribution in [0.2, 0.25) is 0 Å². The molecule has 0 saturated carbocycles. The van der Waals surface area contributed by atoms with Crippen LogP contribution in [0.5, 0.6) is 11.5 Å². The van der Waals surface area contributed by atoms with Crippen molar-refractivity contribution in [3.8, 4) is 11.5 Å². The van der Waals surface area contributed by atoms with Crippen molar-refractivity contribution in [3.05, 3.63) is 35.9 Å². The predicted octanol–water partition coefficient (Wildman–Crippen LogP) is 2.66. The number of rotatable bonds is 3. The van der Waals surface area contributed by atoms with Crippen molar-refractivity contribution in [1.29, 1.82) is 0 Å². The van der Waals surface area contributed by atoms with Crippen LogP contribution >= 0.6 is 0 Å². The summed E-state index contributed by atoms with van der Waals surface area (Å²) < 4.78 is 5.37. The van der Waals surface area contributed by atoms with Crippen LogP contribution in [0, 0.1) is 6.92 Å². The molecule has 0 radical (unpaired) electrons. The highest BCUT2D eigenvalue weighted by atomic mass is 16.5. The third kappa shape index (κ3) is 2.51. The van der Waals surface area contributed by atoms with Crippen molar-refractivity contribution in [2.75, 3.05) is 6.61 Å². The summed E-state index contributed by atoms with van der Waals surface area (Å²) in [5, 5.41) is 9.44. The van der Waals surface area contributed by atoms with E-state index in [0.29, 0.717) is 12.4 Å². The summed E-state index contributed by atoms with van der Waals surface area (Å²) in [6.07, 6.45) is 3.81. The lowest BCUT2D eigenvalue weighted by Gasteiger charge is -2.08. The van der Waals surface area contributed by atoms with E-state index < -0.39 is 0 Å². The van der Waals surface area contributed by atoms with E-state index in [1.54, 1.807) is 12.1 Å². The first-order valence-corrected chi connectivity index (χ1v) is 4.28. The Hall–Kier alpha value is -1.44. The molecule has 0 aliphatic rings. The average Bonchev–Trinajstić information content (AvgIpc) is 2.10. The zero-order valence-corrected chi connectivity index (χ0v) is 7.95. The second-order valence-electron chi connectivity index (χ2n) is 2.80. The van der Waals surface area contributed by atoms with Crippen LogP contribution < -0.4 is 4.74 Å². The molecule has 0 amide bonds. The summed E-state index contributed by atoms with van der Waals surface area (Å²) in [5.41, 5.74) is 0.949. The number of phenols is 1. The topological polar surface area (TPSA) is 29.5 Å². The fourth-order valence-corrected chi connectivity index (χ4v) is 1.05. The summed E-state index contributed by atoms with van der Waals surface area (Å²) in [6.45, 7) is 4.33. The van der Waals surface area contributed by atoms with Crippen molar-refractivity contribution in [2.24, 2.45) is 0 Å². The number of aromatic hydroxyl groups is 1. The van der Waals surface area contributed by atoms with E-state index in [9.17, 15) is 5.11 Å². The molecule has 0 fully saturated rings. The standard InChI is InChI=1S/C11H14O2/c1-3-4-8-13-11-9(2)6-5-7-10(11)12/h3-7,12H,8H2,1-2H3. The van der Waals surface area contributed by atoms with Crippen LogP contribution in [0.4, 0.5) is 0 Å². The normalized spacial score (nSPS) is 10.6. The van der Waals surface area contributed by atoms with E-state index in [-0.39, 0.29) is 5.75 Å². The molecule has 0 atom stereocenters. The summed E-state index contributed by atoms with van der Waals surface area (Å²) in [6, 6.07) is 5.33. The molecular weight excluding hydrogens is 164 g/mol. The molecule has 0 aromatic heterocycles. The molecule has 13 heavy (non-hydrogen) atoms. The SMILES string of the molecule is CC=CCOc1c(C)cccc1O. The van der Waals surface area contributed by atoms with Crippen LogP contribution in [0.3, 0.4) is 0 Å². The van der Waals surface area contributed by atoms with Gasteiger partial charge in [-0.25, -0.2) is 0 Å². The lowest BCUT2D eigenvalue weighted by Crippen LogP contribution is -1.95. The van der Waals surface area contributed by atoms with Crippen LogP contribution in [0.25, 0.3) is 0 Å². The van der Waals surface area contributed by atoms with Gasteiger partial charge in [-0.15, -0.1) is 0 Å². The number of benzene rings is 1. The number of ether oxygens (including phenoxy) is 1.